The molecule has 70 valence electrons. The maximum atomic E-state index is 11.3. The molecule has 0 amide bonds. The number of rotatable bonds is 3. The van der Waals surface area contributed by atoms with Gasteiger partial charge >= 0.3 is 0 Å². The minimum Gasteiger partial charge on any atom is -0.268 e. The molecule has 0 bridgehead atoms. The average molecular weight is 178 g/mol. The average Bonchev–Trinajstić information content (AvgIpc) is 2.90. The van der Waals surface area contributed by atoms with E-state index in [1.165, 1.54) is 12.8 Å². The van der Waals surface area contributed by atoms with Crippen LogP contribution in [0.1, 0.15) is 25.0 Å². The Balaban J connectivity index is 2.08. The first kappa shape index (κ1) is 8.48. The van der Waals surface area contributed by atoms with Crippen LogP contribution < -0.4 is 5.56 Å². The fraction of sp³-hybridized carbons (Fsp3) is 0.600. The summed E-state index contributed by atoms with van der Waals surface area (Å²) >= 11 is 0. The first-order valence-corrected chi connectivity index (χ1v) is 4.80. The van der Waals surface area contributed by atoms with E-state index in [-0.39, 0.29) is 5.56 Å². The SMILES string of the molecule is Cc1ccc(=O)n(CCC2CC2)n1. The van der Waals surface area contributed by atoms with Gasteiger partial charge in [-0.05, 0) is 25.3 Å². The Morgan fingerprint density at radius 2 is 2.31 bits per heavy atom. The van der Waals surface area contributed by atoms with Crippen molar-refractivity contribution in [2.45, 2.75) is 32.7 Å². The van der Waals surface area contributed by atoms with Gasteiger partial charge in [-0.15, -0.1) is 0 Å². The fourth-order valence-corrected chi connectivity index (χ4v) is 1.42. The van der Waals surface area contributed by atoms with Gasteiger partial charge in [0.1, 0.15) is 0 Å². The third kappa shape index (κ3) is 2.17. The molecule has 0 aliphatic heterocycles. The zero-order valence-electron chi connectivity index (χ0n) is 7.86. The van der Waals surface area contributed by atoms with Crippen LogP contribution in [0.5, 0.6) is 0 Å². The Bertz CT molecular complexity index is 352. The molecule has 1 heterocycles. The summed E-state index contributed by atoms with van der Waals surface area (Å²) in [5.41, 5.74) is 0.932. The maximum absolute atomic E-state index is 11.3. The van der Waals surface area contributed by atoms with Gasteiger partial charge < -0.3 is 0 Å². The zero-order valence-corrected chi connectivity index (χ0v) is 7.86. The van der Waals surface area contributed by atoms with Crippen LogP contribution in [0.2, 0.25) is 0 Å². The Kier molecular flexibility index (Phi) is 2.17. The number of nitrogens with zero attached hydrogens (tertiary/aromatic N) is 2. The molecular weight excluding hydrogens is 164 g/mol. The van der Waals surface area contributed by atoms with Crippen molar-refractivity contribution in [3.8, 4) is 0 Å². The number of hydrogen-bond donors (Lipinski definition) is 0. The van der Waals surface area contributed by atoms with Crippen LogP contribution in [0.3, 0.4) is 0 Å². The minimum atomic E-state index is 0.0197. The van der Waals surface area contributed by atoms with E-state index in [1.54, 1.807) is 16.8 Å². The standard InChI is InChI=1S/C10H14N2O/c1-8-2-5-10(13)12(11-8)7-6-9-3-4-9/h2,5,9H,3-4,6-7H2,1H3. The van der Waals surface area contributed by atoms with Crippen LogP contribution in [0.25, 0.3) is 0 Å². The Morgan fingerprint density at radius 3 is 3.00 bits per heavy atom. The highest BCUT2D eigenvalue weighted by molar-refractivity contribution is 4.97. The van der Waals surface area contributed by atoms with Crippen LogP contribution in [0, 0.1) is 12.8 Å². The van der Waals surface area contributed by atoms with E-state index in [4.69, 9.17) is 0 Å². The quantitative estimate of drug-likeness (QED) is 0.700. The topological polar surface area (TPSA) is 34.9 Å². The zero-order chi connectivity index (χ0) is 9.26. The second kappa shape index (κ2) is 3.32. The number of aromatic nitrogens is 2. The van der Waals surface area contributed by atoms with Crippen LogP contribution in [0.15, 0.2) is 16.9 Å². The largest absolute Gasteiger partial charge is 0.268 e. The summed E-state index contributed by atoms with van der Waals surface area (Å²) in [6.07, 6.45) is 3.78. The molecule has 1 aromatic rings. The molecule has 0 saturated heterocycles. The molecule has 1 aromatic heterocycles. The van der Waals surface area contributed by atoms with Gasteiger partial charge in [-0.2, -0.15) is 5.10 Å². The fourth-order valence-electron chi connectivity index (χ4n) is 1.42. The van der Waals surface area contributed by atoms with Crippen LogP contribution in [0.4, 0.5) is 0 Å². The minimum absolute atomic E-state index is 0.0197. The van der Waals surface area contributed by atoms with Gasteiger partial charge in [0.15, 0.2) is 0 Å². The van der Waals surface area contributed by atoms with Crippen molar-refractivity contribution in [2.24, 2.45) is 5.92 Å². The van der Waals surface area contributed by atoms with Crippen LogP contribution >= 0.6 is 0 Å². The van der Waals surface area contributed by atoms with Gasteiger partial charge in [0.25, 0.3) is 5.56 Å². The number of aryl methyl sites for hydroxylation is 2. The lowest BCUT2D eigenvalue weighted by atomic mass is 10.3. The molecule has 0 radical (unpaired) electrons. The first-order chi connectivity index (χ1) is 6.25. The highest BCUT2D eigenvalue weighted by atomic mass is 16.1. The molecule has 0 N–H and O–H groups in total. The normalized spacial score (nSPS) is 16.1. The summed E-state index contributed by atoms with van der Waals surface area (Å²) in [7, 11) is 0. The van der Waals surface area contributed by atoms with Gasteiger partial charge in [-0.1, -0.05) is 12.8 Å². The lowest BCUT2D eigenvalue weighted by Gasteiger charge is -2.03. The van der Waals surface area contributed by atoms with E-state index in [0.717, 1.165) is 24.6 Å². The van der Waals surface area contributed by atoms with Gasteiger partial charge in [0.05, 0.1) is 5.69 Å². The third-order valence-corrected chi connectivity index (χ3v) is 2.45. The molecular formula is C10H14N2O. The van der Waals surface area contributed by atoms with E-state index in [2.05, 4.69) is 5.10 Å². The van der Waals surface area contributed by atoms with Crippen molar-refractivity contribution in [1.29, 1.82) is 0 Å². The summed E-state index contributed by atoms with van der Waals surface area (Å²) < 4.78 is 1.58. The van der Waals surface area contributed by atoms with E-state index in [9.17, 15) is 4.79 Å². The van der Waals surface area contributed by atoms with Crippen molar-refractivity contribution < 1.29 is 0 Å². The smallest absolute Gasteiger partial charge is 0.266 e. The summed E-state index contributed by atoms with van der Waals surface area (Å²) in [5.74, 6) is 0.856. The van der Waals surface area contributed by atoms with E-state index >= 15 is 0 Å². The van der Waals surface area contributed by atoms with Crippen molar-refractivity contribution >= 4 is 0 Å². The second-order valence-electron chi connectivity index (χ2n) is 3.77. The monoisotopic (exact) mass is 178 g/mol. The second-order valence-corrected chi connectivity index (χ2v) is 3.77. The van der Waals surface area contributed by atoms with E-state index < -0.39 is 0 Å². The van der Waals surface area contributed by atoms with Gasteiger partial charge in [0, 0.05) is 12.6 Å². The molecule has 0 spiro atoms. The molecule has 1 fully saturated rings. The van der Waals surface area contributed by atoms with Gasteiger partial charge in [-0.3, -0.25) is 4.79 Å². The number of hydrogen-bond acceptors (Lipinski definition) is 2. The molecule has 1 saturated carbocycles. The predicted octanol–water partition coefficient (Wildman–Crippen LogP) is 1.35. The van der Waals surface area contributed by atoms with Gasteiger partial charge in [0.2, 0.25) is 0 Å². The molecule has 3 nitrogen and oxygen atoms in total. The highest BCUT2D eigenvalue weighted by Crippen LogP contribution is 2.32. The summed E-state index contributed by atoms with van der Waals surface area (Å²) in [5, 5.41) is 4.18. The van der Waals surface area contributed by atoms with Crippen molar-refractivity contribution in [3.05, 3.63) is 28.2 Å². The maximum Gasteiger partial charge on any atom is 0.266 e. The van der Waals surface area contributed by atoms with E-state index in [1.807, 2.05) is 6.92 Å². The highest BCUT2D eigenvalue weighted by Gasteiger charge is 2.20. The molecule has 3 heteroatoms. The van der Waals surface area contributed by atoms with Crippen molar-refractivity contribution in [2.75, 3.05) is 0 Å². The molecule has 1 aliphatic carbocycles. The van der Waals surface area contributed by atoms with Crippen molar-refractivity contribution in [3.63, 3.8) is 0 Å². The van der Waals surface area contributed by atoms with Crippen LogP contribution in [-0.4, -0.2) is 9.78 Å². The molecule has 0 aromatic carbocycles. The van der Waals surface area contributed by atoms with Gasteiger partial charge in [-0.25, -0.2) is 4.68 Å². The van der Waals surface area contributed by atoms with E-state index in [0.29, 0.717) is 0 Å². The Hall–Kier alpha value is -1.12. The molecule has 13 heavy (non-hydrogen) atoms. The Morgan fingerprint density at radius 1 is 1.54 bits per heavy atom. The first-order valence-electron chi connectivity index (χ1n) is 4.80. The summed E-state index contributed by atoms with van der Waals surface area (Å²) in [6.45, 7) is 2.69. The summed E-state index contributed by atoms with van der Waals surface area (Å²) in [6, 6.07) is 3.35. The van der Waals surface area contributed by atoms with Crippen molar-refractivity contribution in [1.82, 2.24) is 9.78 Å². The lowest BCUT2D eigenvalue weighted by Crippen LogP contribution is -2.22. The molecule has 0 atom stereocenters. The molecule has 1 aliphatic rings. The van der Waals surface area contributed by atoms with Crippen LogP contribution in [-0.2, 0) is 6.54 Å². The summed E-state index contributed by atoms with van der Waals surface area (Å²) in [4.78, 5) is 11.3. The Labute approximate surface area is 77.4 Å². The third-order valence-electron chi connectivity index (χ3n) is 2.45. The lowest BCUT2D eigenvalue weighted by molar-refractivity contribution is 0.517. The molecule has 2 rings (SSSR count). The predicted molar refractivity (Wildman–Crippen MR) is 50.6 cm³/mol. The molecule has 0 unspecified atom stereocenters.